The lowest BCUT2D eigenvalue weighted by atomic mass is 9.74. The summed E-state index contributed by atoms with van der Waals surface area (Å²) < 4.78 is 32.3. The maximum absolute atomic E-state index is 13.0. The third-order valence-electron chi connectivity index (χ3n) is 7.65. The van der Waals surface area contributed by atoms with Crippen LogP contribution >= 0.6 is 0 Å². The van der Waals surface area contributed by atoms with Gasteiger partial charge in [0.05, 0.1) is 50.0 Å². The van der Waals surface area contributed by atoms with Gasteiger partial charge in [0.15, 0.2) is 6.29 Å². The summed E-state index contributed by atoms with van der Waals surface area (Å²) in [6, 6.07) is 30.1. The molecule has 2 aliphatic heterocycles. The number of ketones is 1. The van der Waals surface area contributed by atoms with Crippen LogP contribution in [0.1, 0.15) is 37.5 Å². The molecule has 2 unspecified atom stereocenters. The Labute approximate surface area is 231 Å². The quantitative estimate of drug-likeness (QED) is 0.316. The summed E-state index contributed by atoms with van der Waals surface area (Å²) in [5.74, 6) is -0.644. The van der Waals surface area contributed by atoms with Crippen LogP contribution < -0.4 is 0 Å². The van der Waals surface area contributed by atoms with E-state index < -0.39 is 36.1 Å². The van der Waals surface area contributed by atoms with Crippen molar-refractivity contribution in [1.82, 2.24) is 0 Å². The van der Waals surface area contributed by atoms with Crippen LogP contribution in [-0.4, -0.2) is 42.6 Å². The lowest BCUT2D eigenvalue weighted by Gasteiger charge is -2.44. The maximum Gasteiger partial charge on any atom is 0.165 e. The van der Waals surface area contributed by atoms with E-state index in [1.165, 1.54) is 0 Å². The molecular formula is C33H38O6. The second-order valence-electron chi connectivity index (χ2n) is 11.0. The minimum absolute atomic E-state index is 0.0602. The Morgan fingerprint density at radius 2 is 1.23 bits per heavy atom. The first-order valence-corrected chi connectivity index (χ1v) is 13.7. The first kappa shape index (κ1) is 27.7. The number of carbonyl (C=O) groups excluding carboxylic acids is 1. The fourth-order valence-corrected chi connectivity index (χ4v) is 5.92. The summed E-state index contributed by atoms with van der Waals surface area (Å²) >= 11 is 0. The van der Waals surface area contributed by atoms with Crippen molar-refractivity contribution < 1.29 is 28.5 Å². The van der Waals surface area contributed by atoms with E-state index in [2.05, 4.69) is 0 Å². The van der Waals surface area contributed by atoms with Crippen LogP contribution in [-0.2, 0) is 48.3 Å². The van der Waals surface area contributed by atoms with E-state index >= 15 is 0 Å². The second kappa shape index (κ2) is 12.5. The van der Waals surface area contributed by atoms with E-state index in [9.17, 15) is 4.79 Å². The van der Waals surface area contributed by atoms with Gasteiger partial charge in [0, 0.05) is 0 Å². The van der Waals surface area contributed by atoms with Gasteiger partial charge in [-0.25, -0.2) is 0 Å². The van der Waals surface area contributed by atoms with Crippen molar-refractivity contribution in [2.75, 3.05) is 6.61 Å². The fraction of sp³-hybridized carbons (Fsp3) is 0.424. The van der Waals surface area contributed by atoms with Crippen molar-refractivity contribution in [3.63, 3.8) is 0 Å². The van der Waals surface area contributed by atoms with Gasteiger partial charge in [0.1, 0.15) is 18.0 Å². The Morgan fingerprint density at radius 1 is 0.744 bits per heavy atom. The van der Waals surface area contributed by atoms with Gasteiger partial charge in [-0.3, -0.25) is 4.79 Å². The minimum atomic E-state index is -0.695. The Morgan fingerprint density at radius 3 is 1.74 bits per heavy atom. The molecule has 0 amide bonds. The topological polar surface area (TPSA) is 63.2 Å². The average Bonchev–Trinajstić information content (AvgIpc) is 3.22. The molecule has 0 aliphatic carbocycles. The highest BCUT2D eigenvalue weighted by Gasteiger charge is 2.61. The maximum atomic E-state index is 13.0. The number of carbonyl (C=O) groups is 1. The molecule has 2 fully saturated rings. The highest BCUT2D eigenvalue weighted by molar-refractivity contribution is 5.80. The van der Waals surface area contributed by atoms with Crippen molar-refractivity contribution in [1.29, 1.82) is 0 Å². The molecule has 39 heavy (non-hydrogen) atoms. The molecule has 6 heteroatoms. The van der Waals surface area contributed by atoms with Gasteiger partial charge in [-0.2, -0.15) is 0 Å². The lowest BCUT2D eigenvalue weighted by Crippen LogP contribution is -2.58. The largest absolute Gasteiger partial charge is 0.374 e. The number of ether oxygens (including phenoxy) is 5. The van der Waals surface area contributed by atoms with Gasteiger partial charge in [0.25, 0.3) is 0 Å². The summed E-state index contributed by atoms with van der Waals surface area (Å²) in [7, 11) is 0. The summed E-state index contributed by atoms with van der Waals surface area (Å²) in [6.45, 7) is 7.08. The fourth-order valence-electron chi connectivity index (χ4n) is 5.92. The van der Waals surface area contributed by atoms with Gasteiger partial charge in [0.2, 0.25) is 0 Å². The standard InChI is InChI=1S/C33H38O6/c1-23(34)29-28-31(37-21-26-17-11-6-12-18-26)30(36-20-25-15-9-5-10-16-25)27(38-32(28)39-33(29,2)3)22-35-19-24-13-7-4-8-14-24/h4-18,27-32H,19-22H2,1-3H3/t27-,28?,29+,30+,31-,32?/m1/s1. The molecule has 2 aliphatic rings. The first-order chi connectivity index (χ1) is 18.9. The number of hydrogen-bond donors (Lipinski definition) is 0. The predicted molar refractivity (Wildman–Crippen MR) is 148 cm³/mol. The SMILES string of the molecule is CC(=O)[C@H]1C2C(O[C@H](COCc3ccccc3)[C@H](OCc3ccccc3)[C@@H]2OCc2ccccc2)OC1(C)C. The third-order valence-corrected chi connectivity index (χ3v) is 7.65. The molecule has 6 nitrogen and oxygen atoms in total. The van der Waals surface area contributed by atoms with E-state index in [1.807, 2.05) is 105 Å². The van der Waals surface area contributed by atoms with Gasteiger partial charge in [-0.15, -0.1) is 0 Å². The summed E-state index contributed by atoms with van der Waals surface area (Å²) in [6.07, 6.45) is -1.95. The Bertz CT molecular complexity index is 1180. The highest BCUT2D eigenvalue weighted by Crippen LogP contribution is 2.48. The van der Waals surface area contributed by atoms with Crippen LogP contribution in [0.5, 0.6) is 0 Å². The summed E-state index contributed by atoms with van der Waals surface area (Å²) in [5, 5.41) is 0. The molecule has 5 rings (SSSR count). The number of rotatable bonds is 11. The van der Waals surface area contributed by atoms with E-state index in [0.29, 0.717) is 26.4 Å². The normalized spacial score (nSPS) is 27.7. The summed E-state index contributed by atoms with van der Waals surface area (Å²) in [5.41, 5.74) is 2.49. The molecule has 6 atom stereocenters. The molecule has 0 saturated carbocycles. The van der Waals surface area contributed by atoms with Gasteiger partial charge in [-0.1, -0.05) is 91.0 Å². The molecule has 2 saturated heterocycles. The molecule has 3 aromatic carbocycles. The van der Waals surface area contributed by atoms with Crippen molar-refractivity contribution in [2.24, 2.45) is 11.8 Å². The van der Waals surface area contributed by atoms with E-state index in [-0.39, 0.29) is 11.7 Å². The Kier molecular flexibility index (Phi) is 8.90. The molecule has 2 heterocycles. The molecule has 0 radical (unpaired) electrons. The summed E-state index contributed by atoms with van der Waals surface area (Å²) in [4.78, 5) is 13.0. The van der Waals surface area contributed by atoms with Gasteiger partial charge < -0.3 is 23.7 Å². The molecule has 3 aromatic rings. The Hall–Kier alpha value is -2.87. The van der Waals surface area contributed by atoms with Crippen LogP contribution in [0, 0.1) is 11.8 Å². The molecular weight excluding hydrogens is 492 g/mol. The van der Waals surface area contributed by atoms with Crippen molar-refractivity contribution in [3.8, 4) is 0 Å². The van der Waals surface area contributed by atoms with E-state index in [1.54, 1.807) is 6.92 Å². The van der Waals surface area contributed by atoms with Gasteiger partial charge >= 0.3 is 0 Å². The highest BCUT2D eigenvalue weighted by atomic mass is 16.7. The Balaban J connectivity index is 1.42. The molecule has 0 bridgehead atoms. The second-order valence-corrected chi connectivity index (χ2v) is 11.0. The number of benzene rings is 3. The van der Waals surface area contributed by atoms with Crippen molar-refractivity contribution in [2.45, 2.75) is 70.8 Å². The molecule has 0 aromatic heterocycles. The van der Waals surface area contributed by atoms with Crippen LogP contribution in [0.3, 0.4) is 0 Å². The molecule has 0 spiro atoms. The predicted octanol–water partition coefficient (Wildman–Crippen LogP) is 5.73. The van der Waals surface area contributed by atoms with Crippen LogP contribution in [0.2, 0.25) is 0 Å². The monoisotopic (exact) mass is 530 g/mol. The zero-order valence-electron chi connectivity index (χ0n) is 22.9. The van der Waals surface area contributed by atoms with Crippen molar-refractivity contribution in [3.05, 3.63) is 108 Å². The smallest absolute Gasteiger partial charge is 0.165 e. The van der Waals surface area contributed by atoms with Crippen molar-refractivity contribution >= 4 is 5.78 Å². The minimum Gasteiger partial charge on any atom is -0.374 e. The third kappa shape index (κ3) is 6.65. The lowest BCUT2D eigenvalue weighted by molar-refractivity contribution is -0.291. The van der Waals surface area contributed by atoms with Gasteiger partial charge in [-0.05, 0) is 37.5 Å². The van der Waals surface area contributed by atoms with Crippen LogP contribution in [0.4, 0.5) is 0 Å². The van der Waals surface area contributed by atoms with Crippen LogP contribution in [0.25, 0.3) is 0 Å². The molecule has 206 valence electrons. The number of fused-ring (bicyclic) bond motifs is 1. The van der Waals surface area contributed by atoms with E-state index in [0.717, 1.165) is 16.7 Å². The number of Topliss-reactive ketones (excluding diaryl/α,β-unsaturated/α-hetero) is 1. The van der Waals surface area contributed by atoms with Crippen LogP contribution in [0.15, 0.2) is 91.0 Å². The molecule has 0 N–H and O–H groups in total. The van der Waals surface area contributed by atoms with E-state index in [4.69, 9.17) is 23.7 Å². The first-order valence-electron chi connectivity index (χ1n) is 13.7. The zero-order valence-corrected chi connectivity index (χ0v) is 22.9. The number of hydrogen-bond acceptors (Lipinski definition) is 6. The zero-order chi connectivity index (χ0) is 27.2. The average molecular weight is 531 g/mol.